The van der Waals surface area contributed by atoms with Crippen LogP contribution in [0, 0.1) is 0 Å². The predicted octanol–water partition coefficient (Wildman–Crippen LogP) is 1.91. The SMILES string of the molecule is CC(C)(N=C=O)c1cn2ccccc2n1. The summed E-state index contributed by atoms with van der Waals surface area (Å²) in [5.74, 6) is 0. The number of hydrogen-bond donors (Lipinski definition) is 0. The highest BCUT2D eigenvalue weighted by Gasteiger charge is 2.22. The number of aromatic nitrogens is 2. The van der Waals surface area contributed by atoms with Gasteiger partial charge in [-0.3, -0.25) is 0 Å². The zero-order valence-corrected chi connectivity index (χ0v) is 8.64. The number of pyridine rings is 1. The summed E-state index contributed by atoms with van der Waals surface area (Å²) in [4.78, 5) is 18.4. The molecule has 4 nitrogen and oxygen atoms in total. The van der Waals surface area contributed by atoms with Crippen molar-refractivity contribution in [1.82, 2.24) is 9.38 Å². The number of isocyanates is 1. The highest BCUT2D eigenvalue weighted by atomic mass is 16.1. The smallest absolute Gasteiger partial charge is 0.235 e. The maximum absolute atomic E-state index is 10.3. The van der Waals surface area contributed by atoms with Crippen molar-refractivity contribution >= 4 is 11.7 Å². The van der Waals surface area contributed by atoms with Crippen LogP contribution in [-0.4, -0.2) is 15.5 Å². The Morgan fingerprint density at radius 1 is 1.47 bits per heavy atom. The summed E-state index contributed by atoms with van der Waals surface area (Å²) < 4.78 is 1.90. The van der Waals surface area contributed by atoms with Gasteiger partial charge in [0, 0.05) is 12.4 Å². The van der Waals surface area contributed by atoms with Crippen molar-refractivity contribution in [3.63, 3.8) is 0 Å². The average Bonchev–Trinajstić information content (AvgIpc) is 2.61. The average molecular weight is 201 g/mol. The number of fused-ring (bicyclic) bond motifs is 1. The number of hydrogen-bond acceptors (Lipinski definition) is 3. The van der Waals surface area contributed by atoms with Gasteiger partial charge in [0.25, 0.3) is 0 Å². The summed E-state index contributed by atoms with van der Waals surface area (Å²) in [5.41, 5.74) is 0.993. The molecule has 4 heteroatoms. The van der Waals surface area contributed by atoms with Crippen molar-refractivity contribution in [3.05, 3.63) is 36.3 Å². The summed E-state index contributed by atoms with van der Waals surface area (Å²) in [6.45, 7) is 3.67. The Morgan fingerprint density at radius 3 is 2.93 bits per heavy atom. The second kappa shape index (κ2) is 3.33. The largest absolute Gasteiger partial charge is 0.307 e. The summed E-state index contributed by atoms with van der Waals surface area (Å²) in [5, 5.41) is 0. The number of rotatable bonds is 2. The molecule has 0 N–H and O–H groups in total. The first-order chi connectivity index (χ1) is 7.13. The van der Waals surface area contributed by atoms with Crippen LogP contribution in [0.2, 0.25) is 0 Å². The standard InChI is InChI=1S/C11H11N3O/c1-11(2,12-8-15)9-7-14-6-4-3-5-10(14)13-9/h3-7H,1-2H3. The molecule has 0 aliphatic heterocycles. The quantitative estimate of drug-likeness (QED) is 0.550. The highest BCUT2D eigenvalue weighted by molar-refractivity contribution is 5.42. The zero-order valence-electron chi connectivity index (χ0n) is 8.64. The molecular weight excluding hydrogens is 190 g/mol. The monoisotopic (exact) mass is 201 g/mol. The van der Waals surface area contributed by atoms with Gasteiger partial charge in [0.2, 0.25) is 6.08 Å². The maximum Gasteiger partial charge on any atom is 0.235 e. The van der Waals surface area contributed by atoms with Crippen molar-refractivity contribution < 1.29 is 4.79 Å². The molecule has 2 rings (SSSR count). The van der Waals surface area contributed by atoms with E-state index in [1.165, 1.54) is 0 Å². The third-order valence-electron chi connectivity index (χ3n) is 2.32. The van der Waals surface area contributed by atoms with Crippen molar-refractivity contribution in [2.75, 3.05) is 0 Å². The molecule has 0 spiro atoms. The van der Waals surface area contributed by atoms with Crippen LogP contribution >= 0.6 is 0 Å². The van der Waals surface area contributed by atoms with Gasteiger partial charge in [0.05, 0.1) is 5.69 Å². The Labute approximate surface area is 87.3 Å². The van der Waals surface area contributed by atoms with Crippen LogP contribution in [0.15, 0.2) is 35.6 Å². The lowest BCUT2D eigenvalue weighted by molar-refractivity contribution is 0.514. The second-order valence-corrected chi connectivity index (χ2v) is 3.85. The van der Waals surface area contributed by atoms with Gasteiger partial charge in [0.1, 0.15) is 11.2 Å². The molecule has 76 valence electrons. The molecule has 0 fully saturated rings. The predicted molar refractivity (Wildman–Crippen MR) is 56.3 cm³/mol. The molecule has 0 bridgehead atoms. The van der Waals surface area contributed by atoms with Crippen LogP contribution in [-0.2, 0) is 10.3 Å². The van der Waals surface area contributed by atoms with Crippen LogP contribution in [0.5, 0.6) is 0 Å². The van der Waals surface area contributed by atoms with E-state index in [1.54, 1.807) is 6.08 Å². The molecule has 2 aromatic heterocycles. The summed E-state index contributed by atoms with van der Waals surface area (Å²) in [7, 11) is 0. The normalized spacial score (nSPS) is 11.3. The Balaban J connectivity index is 2.58. The Morgan fingerprint density at radius 2 is 2.27 bits per heavy atom. The van der Waals surface area contributed by atoms with Gasteiger partial charge in [-0.1, -0.05) is 6.07 Å². The van der Waals surface area contributed by atoms with Crippen molar-refractivity contribution in [1.29, 1.82) is 0 Å². The number of carbonyl (C=O) groups excluding carboxylic acids is 1. The molecule has 2 aromatic rings. The van der Waals surface area contributed by atoms with Crippen molar-refractivity contribution in [2.24, 2.45) is 4.99 Å². The van der Waals surface area contributed by atoms with E-state index >= 15 is 0 Å². The lowest BCUT2D eigenvalue weighted by atomic mass is 10.0. The van der Waals surface area contributed by atoms with E-state index in [0.29, 0.717) is 0 Å². The molecule has 0 amide bonds. The fourth-order valence-corrected chi connectivity index (χ4v) is 1.40. The van der Waals surface area contributed by atoms with Gasteiger partial charge < -0.3 is 4.40 Å². The zero-order chi connectivity index (χ0) is 10.9. The van der Waals surface area contributed by atoms with Gasteiger partial charge in [-0.2, -0.15) is 4.99 Å². The summed E-state index contributed by atoms with van der Waals surface area (Å²) in [6.07, 6.45) is 5.36. The highest BCUT2D eigenvalue weighted by Crippen LogP contribution is 2.23. The molecule has 0 saturated carbocycles. The lowest BCUT2D eigenvalue weighted by Gasteiger charge is -2.12. The van der Waals surface area contributed by atoms with Crippen LogP contribution in [0.25, 0.3) is 5.65 Å². The van der Waals surface area contributed by atoms with E-state index in [0.717, 1.165) is 11.3 Å². The minimum Gasteiger partial charge on any atom is -0.307 e. The maximum atomic E-state index is 10.3. The molecule has 0 unspecified atom stereocenters. The Kier molecular flexibility index (Phi) is 2.14. The van der Waals surface area contributed by atoms with Crippen LogP contribution < -0.4 is 0 Å². The molecule has 15 heavy (non-hydrogen) atoms. The topological polar surface area (TPSA) is 46.7 Å². The minimum absolute atomic E-state index is 0.617. The van der Waals surface area contributed by atoms with Gasteiger partial charge in [-0.05, 0) is 26.0 Å². The number of aliphatic imine (C=N–C) groups is 1. The summed E-state index contributed by atoms with van der Waals surface area (Å²) >= 11 is 0. The minimum atomic E-state index is -0.617. The lowest BCUT2D eigenvalue weighted by Crippen LogP contribution is -2.13. The van der Waals surface area contributed by atoms with E-state index in [2.05, 4.69) is 9.98 Å². The first-order valence-corrected chi connectivity index (χ1v) is 4.67. The second-order valence-electron chi connectivity index (χ2n) is 3.85. The van der Waals surface area contributed by atoms with Gasteiger partial charge in [-0.25, -0.2) is 9.78 Å². The Hall–Kier alpha value is -1.93. The summed E-state index contributed by atoms with van der Waals surface area (Å²) in [6, 6.07) is 5.75. The molecule has 0 aliphatic carbocycles. The van der Waals surface area contributed by atoms with Gasteiger partial charge in [-0.15, -0.1) is 0 Å². The van der Waals surface area contributed by atoms with Crippen molar-refractivity contribution in [3.8, 4) is 0 Å². The number of nitrogens with zero attached hydrogens (tertiary/aromatic N) is 3. The molecule has 2 heterocycles. The van der Waals surface area contributed by atoms with Crippen LogP contribution in [0.1, 0.15) is 19.5 Å². The fraction of sp³-hybridized carbons (Fsp3) is 0.273. The van der Waals surface area contributed by atoms with E-state index in [-0.39, 0.29) is 0 Å². The molecule has 0 radical (unpaired) electrons. The first kappa shape index (κ1) is 9.62. The van der Waals surface area contributed by atoms with Crippen molar-refractivity contribution in [2.45, 2.75) is 19.4 Å². The number of imidazole rings is 1. The third kappa shape index (κ3) is 1.67. The van der Waals surface area contributed by atoms with Crippen LogP contribution in [0.3, 0.4) is 0 Å². The third-order valence-corrected chi connectivity index (χ3v) is 2.32. The van der Waals surface area contributed by atoms with E-state index in [1.807, 2.05) is 48.8 Å². The van der Waals surface area contributed by atoms with Gasteiger partial charge >= 0.3 is 0 Å². The van der Waals surface area contributed by atoms with Crippen LogP contribution in [0.4, 0.5) is 0 Å². The molecule has 0 saturated heterocycles. The van der Waals surface area contributed by atoms with E-state index in [9.17, 15) is 4.79 Å². The van der Waals surface area contributed by atoms with Gasteiger partial charge in [0.15, 0.2) is 0 Å². The Bertz CT molecular complexity index is 503. The van der Waals surface area contributed by atoms with E-state index < -0.39 is 5.54 Å². The first-order valence-electron chi connectivity index (χ1n) is 4.67. The molecule has 0 atom stereocenters. The molecular formula is C11H11N3O. The molecule has 0 aliphatic rings. The molecule has 0 aromatic carbocycles. The van der Waals surface area contributed by atoms with E-state index in [4.69, 9.17) is 0 Å². The fourth-order valence-electron chi connectivity index (χ4n) is 1.40.